The molecule has 41 heavy (non-hydrogen) atoms. The van der Waals surface area contributed by atoms with E-state index in [-0.39, 0.29) is 27.7 Å². The zero-order chi connectivity index (χ0) is 30.2. The zero-order valence-electron chi connectivity index (χ0n) is 23.6. The second kappa shape index (κ2) is 14.3. The average molecular weight is 604 g/mol. The van der Waals surface area contributed by atoms with Crippen LogP contribution in [-0.2, 0) is 26.2 Å². The summed E-state index contributed by atoms with van der Waals surface area (Å²) in [4.78, 5) is 28.1. The number of carbonyl (C=O) groups excluding carboxylic acids is 2. The predicted octanol–water partition coefficient (Wildman–Crippen LogP) is 5.33. The van der Waals surface area contributed by atoms with Gasteiger partial charge in [-0.1, -0.05) is 60.8 Å². The molecule has 0 aliphatic rings. The number of benzene rings is 3. The second-order valence-corrected chi connectivity index (χ2v) is 11.8. The number of nitrogens with one attached hydrogen (secondary N) is 1. The van der Waals surface area contributed by atoms with Gasteiger partial charge in [-0.25, -0.2) is 12.8 Å². The Bertz CT molecular complexity index is 1470. The Labute approximate surface area is 246 Å². The molecule has 0 saturated carbocycles. The zero-order valence-corrected chi connectivity index (χ0v) is 25.1. The van der Waals surface area contributed by atoms with Crippen LogP contribution in [0.1, 0.15) is 37.8 Å². The number of rotatable bonds is 13. The molecule has 0 saturated heterocycles. The van der Waals surface area contributed by atoms with Gasteiger partial charge in [0.2, 0.25) is 11.8 Å². The van der Waals surface area contributed by atoms with Crippen LogP contribution >= 0.6 is 11.6 Å². The minimum atomic E-state index is -4.27. The molecule has 3 aromatic carbocycles. The van der Waals surface area contributed by atoms with Gasteiger partial charge in [0.05, 0.1) is 22.7 Å². The van der Waals surface area contributed by atoms with E-state index in [4.69, 9.17) is 16.3 Å². The number of nitrogens with zero attached hydrogens (tertiary/aromatic N) is 2. The summed E-state index contributed by atoms with van der Waals surface area (Å²) in [6, 6.07) is 15.5. The average Bonchev–Trinajstić information content (AvgIpc) is 2.95. The van der Waals surface area contributed by atoms with Crippen molar-refractivity contribution in [3.05, 3.63) is 88.7 Å². The maximum Gasteiger partial charge on any atom is 0.264 e. The number of hydrogen-bond acceptors (Lipinski definition) is 5. The van der Waals surface area contributed by atoms with Gasteiger partial charge in [0.1, 0.15) is 24.2 Å². The summed E-state index contributed by atoms with van der Waals surface area (Å²) >= 11 is 6.33. The molecular formula is C30H35ClFN3O5S. The summed E-state index contributed by atoms with van der Waals surface area (Å²) in [7, 11) is -2.84. The number of anilines is 1. The molecule has 8 nitrogen and oxygen atoms in total. The fraction of sp³-hybridized carbons (Fsp3) is 0.333. The second-order valence-electron chi connectivity index (χ2n) is 9.58. The molecule has 0 fully saturated rings. The minimum absolute atomic E-state index is 0.0335. The van der Waals surface area contributed by atoms with Crippen LogP contribution in [0, 0.1) is 12.7 Å². The largest absolute Gasteiger partial charge is 0.495 e. The Morgan fingerprint density at radius 2 is 1.76 bits per heavy atom. The molecule has 11 heteroatoms. The number of carbonyl (C=O) groups is 2. The predicted molar refractivity (Wildman–Crippen MR) is 158 cm³/mol. The summed E-state index contributed by atoms with van der Waals surface area (Å²) in [6.07, 6.45) is 1.61. The summed E-state index contributed by atoms with van der Waals surface area (Å²) < 4.78 is 48.6. The number of methoxy groups -OCH3 is 1. The lowest BCUT2D eigenvalue weighted by atomic mass is 10.1. The molecule has 0 aliphatic carbocycles. The number of unbranched alkanes of at least 4 members (excludes halogenated alkanes) is 1. The fourth-order valence-corrected chi connectivity index (χ4v) is 5.76. The van der Waals surface area contributed by atoms with E-state index >= 15 is 0 Å². The van der Waals surface area contributed by atoms with E-state index in [0.717, 1.165) is 22.7 Å². The van der Waals surface area contributed by atoms with Crippen LogP contribution in [0.15, 0.2) is 71.6 Å². The van der Waals surface area contributed by atoms with Crippen LogP contribution in [0.4, 0.5) is 10.1 Å². The van der Waals surface area contributed by atoms with Crippen LogP contribution in [-0.4, -0.2) is 51.4 Å². The lowest BCUT2D eigenvalue weighted by molar-refractivity contribution is -0.139. The van der Waals surface area contributed by atoms with Gasteiger partial charge in [-0.05, 0) is 56.7 Å². The van der Waals surface area contributed by atoms with Crippen LogP contribution in [0.3, 0.4) is 0 Å². The molecule has 0 bridgehead atoms. The van der Waals surface area contributed by atoms with Crippen molar-refractivity contribution in [3.8, 4) is 5.75 Å². The van der Waals surface area contributed by atoms with Gasteiger partial charge < -0.3 is 15.0 Å². The summed E-state index contributed by atoms with van der Waals surface area (Å²) in [6.45, 7) is 4.85. The third kappa shape index (κ3) is 7.98. The van der Waals surface area contributed by atoms with Gasteiger partial charge >= 0.3 is 0 Å². The lowest BCUT2D eigenvalue weighted by Gasteiger charge is -2.32. The number of aryl methyl sites for hydroxylation is 1. The first kappa shape index (κ1) is 31.9. The number of sulfonamides is 1. The smallest absolute Gasteiger partial charge is 0.264 e. The minimum Gasteiger partial charge on any atom is -0.495 e. The molecule has 0 aliphatic heterocycles. The number of halogens is 2. The highest BCUT2D eigenvalue weighted by Gasteiger charge is 2.33. The summed E-state index contributed by atoms with van der Waals surface area (Å²) in [5.74, 6) is -1.35. The van der Waals surface area contributed by atoms with Gasteiger partial charge in [-0.3, -0.25) is 13.9 Å². The molecule has 3 rings (SSSR count). The van der Waals surface area contributed by atoms with Crippen molar-refractivity contribution >= 4 is 39.1 Å². The van der Waals surface area contributed by atoms with Gasteiger partial charge in [0, 0.05) is 18.7 Å². The van der Waals surface area contributed by atoms with Crippen molar-refractivity contribution in [3.63, 3.8) is 0 Å². The van der Waals surface area contributed by atoms with Crippen molar-refractivity contribution < 1.29 is 27.1 Å². The maximum absolute atomic E-state index is 14.6. The van der Waals surface area contributed by atoms with Gasteiger partial charge in [-0.2, -0.15) is 0 Å². The first-order valence-electron chi connectivity index (χ1n) is 13.2. The van der Waals surface area contributed by atoms with Crippen molar-refractivity contribution in [2.75, 3.05) is 24.5 Å². The number of ether oxygens (including phenoxy) is 1. The quantitative estimate of drug-likeness (QED) is 0.267. The Balaban J connectivity index is 2.05. The third-order valence-electron chi connectivity index (χ3n) is 6.61. The molecular weight excluding hydrogens is 569 g/mol. The van der Waals surface area contributed by atoms with E-state index in [1.54, 1.807) is 18.2 Å². The van der Waals surface area contributed by atoms with E-state index in [0.29, 0.717) is 12.3 Å². The number of hydrogen-bond donors (Lipinski definition) is 1. The standard InChI is InChI=1S/C30H35ClFN3O5S/c1-5-6-17-33-30(37)22(3)34(19-23-9-7-8-10-27(23)32)29(36)20-35(24-13-16-28(40-4)26(31)18-24)41(38,39)25-14-11-21(2)12-15-25/h7-16,18,22H,5-6,17,19-20H2,1-4H3,(H,33,37). The lowest BCUT2D eigenvalue weighted by Crippen LogP contribution is -2.51. The Morgan fingerprint density at radius 1 is 1.07 bits per heavy atom. The molecule has 2 amide bonds. The first-order valence-corrected chi connectivity index (χ1v) is 15.0. The Hall–Kier alpha value is -3.63. The van der Waals surface area contributed by atoms with Crippen LogP contribution in [0.25, 0.3) is 0 Å². The van der Waals surface area contributed by atoms with E-state index in [1.165, 1.54) is 67.5 Å². The highest BCUT2D eigenvalue weighted by molar-refractivity contribution is 7.92. The van der Waals surface area contributed by atoms with E-state index in [9.17, 15) is 22.4 Å². The van der Waals surface area contributed by atoms with Crippen molar-refractivity contribution in [1.29, 1.82) is 0 Å². The molecule has 0 spiro atoms. The SMILES string of the molecule is CCCCNC(=O)C(C)N(Cc1ccccc1F)C(=O)CN(c1ccc(OC)c(Cl)c1)S(=O)(=O)c1ccc(C)cc1. The molecule has 1 unspecified atom stereocenters. The first-order chi connectivity index (χ1) is 19.5. The van der Waals surface area contributed by atoms with E-state index in [1.807, 2.05) is 13.8 Å². The van der Waals surface area contributed by atoms with Gasteiger partial charge in [-0.15, -0.1) is 0 Å². The monoisotopic (exact) mass is 603 g/mol. The van der Waals surface area contributed by atoms with Gasteiger partial charge in [0.15, 0.2) is 0 Å². The van der Waals surface area contributed by atoms with Crippen molar-refractivity contribution in [2.24, 2.45) is 0 Å². The molecule has 0 aromatic heterocycles. The molecule has 0 heterocycles. The summed E-state index contributed by atoms with van der Waals surface area (Å²) in [5.41, 5.74) is 1.17. The Morgan fingerprint density at radius 3 is 2.37 bits per heavy atom. The highest BCUT2D eigenvalue weighted by atomic mass is 35.5. The fourth-order valence-electron chi connectivity index (χ4n) is 4.11. The van der Waals surface area contributed by atoms with Crippen LogP contribution in [0.5, 0.6) is 5.75 Å². The van der Waals surface area contributed by atoms with Crippen molar-refractivity contribution in [1.82, 2.24) is 10.2 Å². The third-order valence-corrected chi connectivity index (χ3v) is 8.69. The van der Waals surface area contributed by atoms with E-state index < -0.39 is 40.2 Å². The maximum atomic E-state index is 14.6. The molecule has 220 valence electrons. The normalized spacial score (nSPS) is 12.0. The molecule has 1 atom stereocenters. The highest BCUT2D eigenvalue weighted by Crippen LogP contribution is 2.32. The van der Waals surface area contributed by atoms with Crippen molar-refractivity contribution in [2.45, 2.75) is 51.1 Å². The Kier molecular flexibility index (Phi) is 11.1. The molecule has 3 aromatic rings. The van der Waals surface area contributed by atoms with Gasteiger partial charge in [0.25, 0.3) is 10.0 Å². The molecule has 1 N–H and O–H groups in total. The van der Waals surface area contributed by atoms with Crippen LogP contribution in [0.2, 0.25) is 5.02 Å². The van der Waals surface area contributed by atoms with E-state index in [2.05, 4.69) is 5.32 Å². The topological polar surface area (TPSA) is 96.0 Å². The number of amides is 2. The summed E-state index contributed by atoms with van der Waals surface area (Å²) in [5, 5.41) is 2.94. The molecule has 0 radical (unpaired) electrons. The van der Waals surface area contributed by atoms with Crippen LogP contribution < -0.4 is 14.4 Å².